The summed E-state index contributed by atoms with van der Waals surface area (Å²) in [5, 5.41) is 3.87. The highest BCUT2D eigenvalue weighted by molar-refractivity contribution is 6.00. The Hall–Kier alpha value is -2.08. The smallest absolute Gasteiger partial charge is 0.187 e. The molecule has 18 heavy (non-hydrogen) atoms. The molecule has 1 atom stereocenters. The van der Waals surface area contributed by atoms with Gasteiger partial charge in [-0.1, -0.05) is 6.07 Å². The molecule has 2 rings (SSSR count). The zero-order valence-electron chi connectivity index (χ0n) is 9.60. The fraction of sp³-hybridized carbons (Fsp3) is 0.167. The minimum atomic E-state index is -1.18. The first-order chi connectivity index (χ1) is 8.50. The number of Topliss-reactive ketones (excluding diaryl/α,β-unsaturated/α-hetero) is 1. The van der Waals surface area contributed by atoms with Crippen LogP contribution in [-0.2, 0) is 7.05 Å². The van der Waals surface area contributed by atoms with Crippen LogP contribution in [-0.4, -0.2) is 15.6 Å². The number of hydrogen-bond donors (Lipinski definition) is 1. The van der Waals surface area contributed by atoms with Gasteiger partial charge in [0.25, 0.3) is 0 Å². The number of nitrogens with zero attached hydrogens (tertiary/aromatic N) is 2. The number of ketones is 1. The van der Waals surface area contributed by atoms with E-state index >= 15 is 0 Å². The van der Waals surface area contributed by atoms with Gasteiger partial charge in [-0.25, -0.2) is 8.78 Å². The first-order valence-corrected chi connectivity index (χ1v) is 5.23. The van der Waals surface area contributed by atoms with Crippen LogP contribution in [0.2, 0.25) is 0 Å². The Bertz CT molecular complexity index is 595. The first kappa shape index (κ1) is 12.4. The molecule has 2 aromatic rings. The Balaban J connectivity index is 2.34. The maximum Gasteiger partial charge on any atom is 0.187 e. The number of carbonyl (C=O) groups excluding carboxylic acids is 1. The monoisotopic (exact) mass is 251 g/mol. The molecule has 2 N–H and O–H groups in total. The molecular weight excluding hydrogens is 240 g/mol. The lowest BCUT2D eigenvalue weighted by Crippen LogP contribution is -2.22. The molecule has 0 bridgehead atoms. The normalized spacial score (nSPS) is 12.4. The maximum absolute atomic E-state index is 13.5. The van der Waals surface area contributed by atoms with Crippen LogP contribution in [0.15, 0.2) is 30.6 Å². The van der Waals surface area contributed by atoms with E-state index in [2.05, 4.69) is 5.10 Å². The van der Waals surface area contributed by atoms with Crippen molar-refractivity contribution in [3.05, 3.63) is 53.4 Å². The molecule has 0 spiro atoms. The molecule has 0 aliphatic heterocycles. The molecule has 1 heterocycles. The summed E-state index contributed by atoms with van der Waals surface area (Å²) in [6.45, 7) is 0. The molecule has 0 fully saturated rings. The second-order valence-electron chi connectivity index (χ2n) is 3.89. The van der Waals surface area contributed by atoms with Gasteiger partial charge < -0.3 is 5.73 Å². The minimum absolute atomic E-state index is 0.355. The van der Waals surface area contributed by atoms with Crippen LogP contribution in [0.25, 0.3) is 0 Å². The van der Waals surface area contributed by atoms with Gasteiger partial charge in [0, 0.05) is 18.8 Å². The minimum Gasteiger partial charge on any atom is -0.317 e. The molecule has 0 radical (unpaired) electrons. The van der Waals surface area contributed by atoms with Crippen molar-refractivity contribution in [2.45, 2.75) is 6.04 Å². The predicted octanol–water partition coefficient (Wildman–Crippen LogP) is 1.58. The second kappa shape index (κ2) is 4.66. The lowest BCUT2D eigenvalue weighted by atomic mass is 10.00. The van der Waals surface area contributed by atoms with E-state index in [1.807, 2.05) is 0 Å². The Morgan fingerprint density at radius 3 is 2.78 bits per heavy atom. The lowest BCUT2D eigenvalue weighted by molar-refractivity contribution is 0.0956. The number of halogens is 2. The zero-order chi connectivity index (χ0) is 13.3. The number of nitrogens with two attached hydrogens (primary N) is 1. The van der Waals surface area contributed by atoms with Crippen LogP contribution in [0.5, 0.6) is 0 Å². The molecular formula is C12H11F2N3O. The van der Waals surface area contributed by atoms with Gasteiger partial charge in [0.1, 0.15) is 0 Å². The molecule has 1 aromatic heterocycles. The molecule has 6 heteroatoms. The van der Waals surface area contributed by atoms with Crippen molar-refractivity contribution in [1.82, 2.24) is 9.78 Å². The highest BCUT2D eigenvalue weighted by Gasteiger charge is 2.23. The quantitative estimate of drug-likeness (QED) is 0.842. The molecule has 94 valence electrons. The third-order valence-corrected chi connectivity index (χ3v) is 2.58. The summed E-state index contributed by atoms with van der Waals surface area (Å²) < 4.78 is 28.0. The SMILES string of the molecule is Cn1cc(C(N)C(=O)c2cccc(F)c2F)cn1. The predicted molar refractivity (Wildman–Crippen MR) is 60.8 cm³/mol. The van der Waals surface area contributed by atoms with Crippen LogP contribution < -0.4 is 5.73 Å². The fourth-order valence-corrected chi connectivity index (χ4v) is 1.61. The van der Waals surface area contributed by atoms with Crippen LogP contribution >= 0.6 is 0 Å². The largest absolute Gasteiger partial charge is 0.317 e. The maximum atomic E-state index is 13.5. The molecule has 0 amide bonds. The summed E-state index contributed by atoms with van der Waals surface area (Å²) in [5.41, 5.74) is 5.81. The van der Waals surface area contributed by atoms with Gasteiger partial charge in [0.05, 0.1) is 17.8 Å². The van der Waals surface area contributed by atoms with Gasteiger partial charge in [-0.2, -0.15) is 5.10 Å². The average molecular weight is 251 g/mol. The third-order valence-electron chi connectivity index (χ3n) is 2.58. The molecule has 4 nitrogen and oxygen atoms in total. The lowest BCUT2D eigenvalue weighted by Gasteiger charge is -2.09. The topological polar surface area (TPSA) is 60.9 Å². The Morgan fingerprint density at radius 2 is 2.17 bits per heavy atom. The number of benzene rings is 1. The molecule has 0 aliphatic carbocycles. The zero-order valence-corrected chi connectivity index (χ0v) is 9.60. The highest BCUT2D eigenvalue weighted by atomic mass is 19.2. The Morgan fingerprint density at radius 1 is 1.44 bits per heavy atom. The molecule has 0 saturated heterocycles. The summed E-state index contributed by atoms with van der Waals surface area (Å²) in [5.74, 6) is -2.93. The van der Waals surface area contributed by atoms with Crippen LogP contribution in [0.4, 0.5) is 8.78 Å². The van der Waals surface area contributed by atoms with Crippen LogP contribution in [0.3, 0.4) is 0 Å². The summed E-state index contributed by atoms with van der Waals surface area (Å²) in [6, 6.07) is 2.36. The van der Waals surface area contributed by atoms with E-state index in [0.29, 0.717) is 5.56 Å². The van der Waals surface area contributed by atoms with E-state index in [1.165, 1.54) is 23.0 Å². The number of carbonyl (C=O) groups is 1. The van der Waals surface area contributed by atoms with E-state index in [-0.39, 0.29) is 5.56 Å². The van der Waals surface area contributed by atoms with E-state index in [0.717, 1.165) is 6.07 Å². The number of hydrogen-bond acceptors (Lipinski definition) is 3. The number of aromatic nitrogens is 2. The highest BCUT2D eigenvalue weighted by Crippen LogP contribution is 2.19. The van der Waals surface area contributed by atoms with E-state index < -0.39 is 23.5 Å². The molecule has 1 aromatic carbocycles. The first-order valence-electron chi connectivity index (χ1n) is 5.23. The summed E-state index contributed by atoms with van der Waals surface area (Å²) in [7, 11) is 1.67. The third kappa shape index (κ3) is 2.14. The van der Waals surface area contributed by atoms with Crippen molar-refractivity contribution in [2.75, 3.05) is 0 Å². The summed E-state index contributed by atoms with van der Waals surface area (Å²) in [6.07, 6.45) is 2.97. The van der Waals surface area contributed by atoms with Gasteiger partial charge >= 0.3 is 0 Å². The average Bonchev–Trinajstić information content (AvgIpc) is 2.77. The van der Waals surface area contributed by atoms with Crippen molar-refractivity contribution < 1.29 is 13.6 Å². The van der Waals surface area contributed by atoms with Gasteiger partial charge in [-0.05, 0) is 12.1 Å². The number of aryl methyl sites for hydroxylation is 1. The molecule has 0 saturated carbocycles. The van der Waals surface area contributed by atoms with Crippen molar-refractivity contribution in [2.24, 2.45) is 12.8 Å². The molecule has 1 unspecified atom stereocenters. The van der Waals surface area contributed by atoms with Gasteiger partial charge in [0.2, 0.25) is 0 Å². The van der Waals surface area contributed by atoms with E-state index in [1.54, 1.807) is 13.2 Å². The molecule has 0 aliphatic rings. The van der Waals surface area contributed by atoms with Gasteiger partial charge in [0.15, 0.2) is 17.4 Å². The Labute approximate surface area is 102 Å². The number of rotatable bonds is 3. The van der Waals surface area contributed by atoms with E-state index in [4.69, 9.17) is 5.73 Å². The fourth-order valence-electron chi connectivity index (χ4n) is 1.61. The van der Waals surface area contributed by atoms with E-state index in [9.17, 15) is 13.6 Å². The summed E-state index contributed by atoms with van der Waals surface area (Å²) in [4.78, 5) is 12.0. The second-order valence-corrected chi connectivity index (χ2v) is 3.89. The standard InChI is InChI=1S/C12H11F2N3O/c1-17-6-7(5-16-17)11(15)12(18)8-3-2-4-9(13)10(8)14/h2-6,11H,15H2,1H3. The van der Waals surface area contributed by atoms with Gasteiger partial charge in [-0.3, -0.25) is 9.48 Å². The van der Waals surface area contributed by atoms with Crippen LogP contribution in [0, 0.1) is 11.6 Å². The summed E-state index contributed by atoms with van der Waals surface area (Å²) >= 11 is 0. The Kier molecular flexibility index (Phi) is 3.20. The van der Waals surface area contributed by atoms with Crippen molar-refractivity contribution in [3.63, 3.8) is 0 Å². The van der Waals surface area contributed by atoms with Gasteiger partial charge in [-0.15, -0.1) is 0 Å². The van der Waals surface area contributed by atoms with Crippen molar-refractivity contribution in [3.8, 4) is 0 Å². The van der Waals surface area contributed by atoms with Crippen molar-refractivity contribution in [1.29, 1.82) is 0 Å². The van der Waals surface area contributed by atoms with Crippen LogP contribution in [0.1, 0.15) is 22.0 Å². The van der Waals surface area contributed by atoms with Crippen molar-refractivity contribution >= 4 is 5.78 Å².